The van der Waals surface area contributed by atoms with E-state index < -0.39 is 0 Å². The third-order valence-electron chi connectivity index (χ3n) is 2.79. The standard InChI is InChI=1S/C12H13I2NO/c1-16-11-9(7-10(13)15-12(11)14)8-5-3-2-4-6-8/h3,5,7-8H,2,4,6H2,1H3. The van der Waals surface area contributed by atoms with Crippen LogP contribution in [0.1, 0.15) is 30.7 Å². The number of halogens is 2. The first-order chi connectivity index (χ1) is 7.72. The summed E-state index contributed by atoms with van der Waals surface area (Å²) in [4.78, 5) is 4.42. The first-order valence-electron chi connectivity index (χ1n) is 5.29. The van der Waals surface area contributed by atoms with Crippen LogP contribution in [0, 0.1) is 7.40 Å². The molecule has 0 saturated heterocycles. The van der Waals surface area contributed by atoms with Gasteiger partial charge in [0.1, 0.15) is 7.40 Å². The average molecular weight is 441 g/mol. The lowest BCUT2D eigenvalue weighted by molar-refractivity contribution is 0.400. The Labute approximate surface area is 123 Å². The number of ether oxygens (including phenoxy) is 1. The summed E-state index contributed by atoms with van der Waals surface area (Å²) in [5.74, 6) is 1.44. The molecule has 2 nitrogen and oxygen atoms in total. The van der Waals surface area contributed by atoms with E-state index in [2.05, 4.69) is 68.4 Å². The Morgan fingerprint density at radius 2 is 2.25 bits per heavy atom. The number of aromatic nitrogens is 1. The molecule has 0 fully saturated rings. The Morgan fingerprint density at radius 3 is 2.88 bits per heavy atom. The zero-order valence-electron chi connectivity index (χ0n) is 9.04. The largest absolute Gasteiger partial charge is 0.494 e. The SMILES string of the molecule is COc1c(C2C=CCCC2)cc(I)nc1I. The summed E-state index contributed by atoms with van der Waals surface area (Å²) in [6, 6.07) is 2.14. The highest BCUT2D eigenvalue weighted by atomic mass is 127. The van der Waals surface area contributed by atoms with Crippen LogP contribution in [0.2, 0.25) is 0 Å². The van der Waals surface area contributed by atoms with Crippen LogP contribution in [-0.4, -0.2) is 12.1 Å². The van der Waals surface area contributed by atoms with Crippen LogP contribution < -0.4 is 4.74 Å². The lowest BCUT2D eigenvalue weighted by atomic mass is 9.89. The number of rotatable bonds is 2. The first kappa shape index (κ1) is 12.6. The van der Waals surface area contributed by atoms with Gasteiger partial charge >= 0.3 is 0 Å². The number of pyridine rings is 1. The maximum Gasteiger partial charge on any atom is 0.154 e. The summed E-state index contributed by atoms with van der Waals surface area (Å²) < 4.78 is 7.48. The Bertz CT molecular complexity index is 418. The lowest BCUT2D eigenvalue weighted by Gasteiger charge is -2.20. The second kappa shape index (κ2) is 5.66. The monoisotopic (exact) mass is 441 g/mol. The van der Waals surface area contributed by atoms with Gasteiger partial charge in [0, 0.05) is 11.5 Å². The quantitative estimate of drug-likeness (QED) is 0.392. The maximum absolute atomic E-state index is 5.48. The first-order valence-corrected chi connectivity index (χ1v) is 7.44. The van der Waals surface area contributed by atoms with Crippen molar-refractivity contribution in [2.45, 2.75) is 25.2 Å². The minimum absolute atomic E-state index is 0.494. The van der Waals surface area contributed by atoms with Crippen LogP contribution in [0.5, 0.6) is 5.75 Å². The van der Waals surface area contributed by atoms with E-state index in [1.807, 2.05) is 0 Å². The summed E-state index contributed by atoms with van der Waals surface area (Å²) in [7, 11) is 1.72. The average Bonchev–Trinajstić information content (AvgIpc) is 2.29. The van der Waals surface area contributed by atoms with Gasteiger partial charge in [0.05, 0.1) is 7.11 Å². The third kappa shape index (κ3) is 2.69. The van der Waals surface area contributed by atoms with Gasteiger partial charge in [-0.25, -0.2) is 4.98 Å². The van der Waals surface area contributed by atoms with Crippen molar-refractivity contribution in [1.29, 1.82) is 0 Å². The van der Waals surface area contributed by atoms with Crippen molar-refractivity contribution >= 4 is 45.2 Å². The van der Waals surface area contributed by atoms with Crippen molar-refractivity contribution in [3.8, 4) is 5.75 Å². The smallest absolute Gasteiger partial charge is 0.154 e. The third-order valence-corrected chi connectivity index (χ3v) is 4.07. The van der Waals surface area contributed by atoms with E-state index in [4.69, 9.17) is 4.74 Å². The molecule has 2 rings (SSSR count). The van der Waals surface area contributed by atoms with E-state index in [1.54, 1.807) is 7.11 Å². The molecule has 1 atom stereocenters. The van der Waals surface area contributed by atoms with Gasteiger partial charge in [-0.3, -0.25) is 0 Å². The highest BCUT2D eigenvalue weighted by Gasteiger charge is 2.19. The van der Waals surface area contributed by atoms with Gasteiger partial charge in [0.25, 0.3) is 0 Å². The zero-order chi connectivity index (χ0) is 11.5. The number of hydrogen-bond donors (Lipinski definition) is 0. The number of methoxy groups -OCH3 is 1. The summed E-state index contributed by atoms with van der Waals surface area (Å²) in [6.07, 6.45) is 8.25. The van der Waals surface area contributed by atoms with E-state index in [1.165, 1.54) is 24.8 Å². The minimum Gasteiger partial charge on any atom is -0.494 e. The van der Waals surface area contributed by atoms with Gasteiger partial charge in [-0.15, -0.1) is 0 Å². The fourth-order valence-electron chi connectivity index (χ4n) is 2.04. The van der Waals surface area contributed by atoms with Crippen molar-refractivity contribution in [3.05, 3.63) is 31.2 Å². The van der Waals surface area contributed by atoms with Crippen molar-refractivity contribution in [2.75, 3.05) is 7.11 Å². The molecular weight excluding hydrogens is 428 g/mol. The summed E-state index contributed by atoms with van der Waals surface area (Å²) in [5, 5.41) is 0. The Morgan fingerprint density at radius 1 is 1.44 bits per heavy atom. The number of nitrogens with zero attached hydrogens (tertiary/aromatic N) is 1. The van der Waals surface area contributed by atoms with Crippen molar-refractivity contribution in [3.63, 3.8) is 0 Å². The van der Waals surface area contributed by atoms with Crippen LogP contribution in [0.15, 0.2) is 18.2 Å². The predicted octanol–water partition coefficient (Wildman–Crippen LogP) is 4.12. The molecule has 1 aromatic rings. The summed E-state index contributed by atoms with van der Waals surface area (Å²) >= 11 is 4.51. The van der Waals surface area contributed by atoms with E-state index in [-0.39, 0.29) is 0 Å². The molecule has 1 heterocycles. The van der Waals surface area contributed by atoms with Crippen molar-refractivity contribution in [2.24, 2.45) is 0 Å². The molecule has 0 bridgehead atoms. The molecule has 0 N–H and O–H groups in total. The molecule has 1 unspecified atom stereocenters. The minimum atomic E-state index is 0.494. The van der Waals surface area contributed by atoms with Crippen LogP contribution in [0.25, 0.3) is 0 Å². The lowest BCUT2D eigenvalue weighted by Crippen LogP contribution is -2.05. The molecule has 0 aliphatic heterocycles. The predicted molar refractivity (Wildman–Crippen MR) is 82.0 cm³/mol. The van der Waals surface area contributed by atoms with Crippen LogP contribution in [-0.2, 0) is 0 Å². The van der Waals surface area contributed by atoms with Crippen LogP contribution in [0.3, 0.4) is 0 Å². The van der Waals surface area contributed by atoms with Gasteiger partial charge in [0.2, 0.25) is 0 Å². The molecule has 1 aromatic heterocycles. The normalized spacial score (nSPS) is 19.8. The topological polar surface area (TPSA) is 22.1 Å². The number of allylic oxidation sites excluding steroid dienone is 2. The molecule has 0 saturated carbocycles. The molecule has 16 heavy (non-hydrogen) atoms. The summed E-state index contributed by atoms with van der Waals surface area (Å²) in [5.41, 5.74) is 1.28. The highest BCUT2D eigenvalue weighted by molar-refractivity contribution is 14.1. The van der Waals surface area contributed by atoms with Gasteiger partial charge in [-0.05, 0) is 70.5 Å². The van der Waals surface area contributed by atoms with Crippen LogP contribution >= 0.6 is 45.2 Å². The molecule has 1 aliphatic carbocycles. The van der Waals surface area contributed by atoms with E-state index in [0.29, 0.717) is 5.92 Å². The van der Waals surface area contributed by atoms with Crippen molar-refractivity contribution < 1.29 is 4.74 Å². The molecule has 0 aromatic carbocycles. The molecule has 4 heteroatoms. The van der Waals surface area contributed by atoms with Gasteiger partial charge in [0.15, 0.2) is 5.75 Å². The molecule has 0 spiro atoms. The van der Waals surface area contributed by atoms with Gasteiger partial charge < -0.3 is 4.74 Å². The Kier molecular flexibility index (Phi) is 4.46. The highest BCUT2D eigenvalue weighted by Crippen LogP contribution is 2.36. The zero-order valence-corrected chi connectivity index (χ0v) is 13.4. The van der Waals surface area contributed by atoms with Gasteiger partial charge in [-0.2, -0.15) is 0 Å². The Balaban J connectivity index is 2.45. The molecule has 0 radical (unpaired) electrons. The molecule has 86 valence electrons. The fraction of sp³-hybridized carbons (Fsp3) is 0.417. The summed E-state index contributed by atoms with van der Waals surface area (Å²) in [6.45, 7) is 0. The van der Waals surface area contributed by atoms with Crippen LogP contribution in [0.4, 0.5) is 0 Å². The number of hydrogen-bond acceptors (Lipinski definition) is 2. The maximum atomic E-state index is 5.48. The Hall–Kier alpha value is 0.150. The second-order valence-electron chi connectivity index (χ2n) is 3.82. The fourth-order valence-corrected chi connectivity index (χ4v) is 3.87. The molecule has 1 aliphatic rings. The van der Waals surface area contributed by atoms with E-state index in [9.17, 15) is 0 Å². The van der Waals surface area contributed by atoms with E-state index >= 15 is 0 Å². The van der Waals surface area contributed by atoms with E-state index in [0.717, 1.165) is 13.2 Å². The second-order valence-corrected chi connectivity index (χ2v) is 5.95. The van der Waals surface area contributed by atoms with Gasteiger partial charge in [-0.1, -0.05) is 12.2 Å². The van der Waals surface area contributed by atoms with Crippen molar-refractivity contribution in [1.82, 2.24) is 4.98 Å². The molecular formula is C12H13I2NO. The molecule has 0 amide bonds.